The molecule has 10 heteroatoms. The van der Waals surface area contributed by atoms with Crippen LogP contribution in [0.25, 0.3) is 0 Å². The van der Waals surface area contributed by atoms with Gasteiger partial charge in [0.15, 0.2) is 0 Å². The maximum absolute atomic E-state index is 13.4. The molecule has 0 aliphatic carbocycles. The number of hydrogen-bond acceptors (Lipinski definition) is 8. The van der Waals surface area contributed by atoms with E-state index in [-0.39, 0.29) is 23.1 Å². The Morgan fingerprint density at radius 1 is 0.902 bits per heavy atom. The standard InChI is InChI=1S/C31H27N3O6S/c1-19-6-8-20(9-7-19)32-27-28(31(37)34(30(27)36)18-23-5-4-16-40-23)41-24-13-10-21(11-14-24)33-29(35)25-15-12-22(38-2)17-26(25)39-3/h4-17,32H,18H2,1-3H3,(H,33,35). The van der Waals surface area contributed by atoms with Crippen molar-refractivity contribution in [1.82, 2.24) is 4.90 Å². The lowest BCUT2D eigenvalue weighted by Gasteiger charge is -2.13. The van der Waals surface area contributed by atoms with Crippen molar-refractivity contribution in [2.75, 3.05) is 24.9 Å². The van der Waals surface area contributed by atoms with Crippen LogP contribution in [-0.2, 0) is 16.1 Å². The van der Waals surface area contributed by atoms with Crippen LogP contribution >= 0.6 is 11.8 Å². The van der Waals surface area contributed by atoms with Gasteiger partial charge in [-0.1, -0.05) is 29.5 Å². The first kappa shape index (κ1) is 27.6. The van der Waals surface area contributed by atoms with Crippen LogP contribution in [0.3, 0.4) is 0 Å². The Morgan fingerprint density at radius 2 is 1.63 bits per heavy atom. The molecule has 0 unspecified atom stereocenters. The fourth-order valence-electron chi connectivity index (χ4n) is 4.15. The quantitative estimate of drug-likeness (QED) is 0.229. The fourth-order valence-corrected chi connectivity index (χ4v) is 5.10. The summed E-state index contributed by atoms with van der Waals surface area (Å²) in [5.41, 5.74) is 2.87. The minimum Gasteiger partial charge on any atom is -0.497 e. The van der Waals surface area contributed by atoms with E-state index in [1.807, 2.05) is 31.2 Å². The molecule has 0 saturated carbocycles. The van der Waals surface area contributed by atoms with Crippen molar-refractivity contribution in [1.29, 1.82) is 0 Å². The Hall–Kier alpha value is -4.96. The number of nitrogens with one attached hydrogen (secondary N) is 2. The zero-order chi connectivity index (χ0) is 28.9. The smallest absolute Gasteiger partial charge is 0.278 e. The summed E-state index contributed by atoms with van der Waals surface area (Å²) in [6.45, 7) is 1.99. The van der Waals surface area contributed by atoms with Crippen LogP contribution in [0.15, 0.2) is 105 Å². The van der Waals surface area contributed by atoms with Crippen molar-refractivity contribution in [3.63, 3.8) is 0 Å². The average Bonchev–Trinajstić information content (AvgIpc) is 3.58. The van der Waals surface area contributed by atoms with Gasteiger partial charge in [-0.05, 0) is 67.6 Å². The van der Waals surface area contributed by atoms with Gasteiger partial charge in [-0.2, -0.15) is 0 Å². The lowest BCUT2D eigenvalue weighted by atomic mass is 10.1. The first-order valence-electron chi connectivity index (χ1n) is 12.6. The fraction of sp³-hybridized carbons (Fsp3) is 0.129. The highest BCUT2D eigenvalue weighted by atomic mass is 32.2. The van der Waals surface area contributed by atoms with Crippen LogP contribution in [0, 0.1) is 6.92 Å². The van der Waals surface area contributed by atoms with E-state index in [0.29, 0.717) is 39.1 Å². The molecule has 3 amide bonds. The van der Waals surface area contributed by atoms with Crippen molar-refractivity contribution >= 4 is 40.9 Å². The highest BCUT2D eigenvalue weighted by molar-refractivity contribution is 8.04. The molecule has 0 spiro atoms. The van der Waals surface area contributed by atoms with Crippen LogP contribution in [0.5, 0.6) is 11.5 Å². The number of hydrogen-bond donors (Lipinski definition) is 2. The first-order chi connectivity index (χ1) is 19.9. The number of amides is 3. The molecule has 3 aromatic carbocycles. The van der Waals surface area contributed by atoms with Crippen molar-refractivity contribution in [3.05, 3.63) is 113 Å². The molecule has 0 fully saturated rings. The van der Waals surface area contributed by atoms with Crippen LogP contribution in [0.1, 0.15) is 21.7 Å². The molecule has 1 aromatic heterocycles. The second-order valence-electron chi connectivity index (χ2n) is 9.12. The molecule has 0 saturated heterocycles. The van der Waals surface area contributed by atoms with Gasteiger partial charge in [-0.25, -0.2) is 0 Å². The third-order valence-corrected chi connectivity index (χ3v) is 7.42. The Labute approximate surface area is 241 Å². The number of anilines is 2. The van der Waals surface area contributed by atoms with Crippen LogP contribution in [-0.4, -0.2) is 36.8 Å². The Balaban J connectivity index is 1.36. The Kier molecular flexibility index (Phi) is 8.11. The summed E-state index contributed by atoms with van der Waals surface area (Å²) >= 11 is 1.17. The molecule has 41 heavy (non-hydrogen) atoms. The number of methoxy groups -OCH3 is 2. The van der Waals surface area contributed by atoms with Gasteiger partial charge in [0.05, 0.1) is 32.6 Å². The van der Waals surface area contributed by atoms with Crippen LogP contribution in [0.2, 0.25) is 0 Å². The van der Waals surface area contributed by atoms with Crippen LogP contribution in [0.4, 0.5) is 11.4 Å². The SMILES string of the molecule is COc1ccc(C(=O)Nc2ccc(SC3=C(Nc4ccc(C)cc4)C(=O)N(Cc4ccco4)C3=O)cc2)c(OC)c1. The van der Waals surface area contributed by atoms with Gasteiger partial charge in [0.25, 0.3) is 17.7 Å². The third-order valence-electron chi connectivity index (χ3n) is 6.33. The summed E-state index contributed by atoms with van der Waals surface area (Å²) in [7, 11) is 3.02. The summed E-state index contributed by atoms with van der Waals surface area (Å²) < 4.78 is 15.9. The molecule has 2 heterocycles. The van der Waals surface area contributed by atoms with E-state index in [1.165, 1.54) is 32.2 Å². The molecular formula is C31H27N3O6S. The van der Waals surface area contributed by atoms with Crippen molar-refractivity contribution in [2.45, 2.75) is 18.4 Å². The molecule has 4 aromatic rings. The number of thioether (sulfide) groups is 1. The summed E-state index contributed by atoms with van der Waals surface area (Å²) in [5.74, 6) is 0.261. The van der Waals surface area contributed by atoms with E-state index in [9.17, 15) is 14.4 Å². The molecule has 208 valence electrons. The summed E-state index contributed by atoms with van der Waals surface area (Å²) in [5, 5.41) is 5.99. The van der Waals surface area contributed by atoms with Gasteiger partial charge in [0, 0.05) is 22.3 Å². The zero-order valence-electron chi connectivity index (χ0n) is 22.6. The summed E-state index contributed by atoms with van der Waals surface area (Å²) in [6.07, 6.45) is 1.50. The maximum Gasteiger partial charge on any atom is 0.278 e. The van der Waals surface area contributed by atoms with E-state index < -0.39 is 11.8 Å². The van der Waals surface area contributed by atoms with Gasteiger partial charge >= 0.3 is 0 Å². The molecule has 9 nitrogen and oxygen atoms in total. The molecule has 5 rings (SSSR count). The number of benzene rings is 3. The number of nitrogens with zero attached hydrogens (tertiary/aromatic N) is 1. The van der Waals surface area contributed by atoms with Gasteiger partial charge < -0.3 is 24.5 Å². The Morgan fingerprint density at radius 3 is 2.29 bits per heavy atom. The molecule has 0 bridgehead atoms. The minimum absolute atomic E-state index is 0.0214. The lowest BCUT2D eigenvalue weighted by molar-refractivity contribution is -0.138. The topological polar surface area (TPSA) is 110 Å². The van der Waals surface area contributed by atoms with E-state index in [2.05, 4.69) is 10.6 Å². The number of carbonyl (C=O) groups is 3. The first-order valence-corrected chi connectivity index (χ1v) is 13.5. The minimum atomic E-state index is -0.438. The summed E-state index contributed by atoms with van der Waals surface area (Å²) in [6, 6.07) is 22.9. The van der Waals surface area contributed by atoms with Gasteiger partial charge in [0.2, 0.25) is 0 Å². The van der Waals surface area contributed by atoms with E-state index >= 15 is 0 Å². The van der Waals surface area contributed by atoms with Crippen molar-refractivity contribution in [3.8, 4) is 11.5 Å². The molecule has 1 aliphatic heterocycles. The third kappa shape index (κ3) is 6.12. The van der Waals surface area contributed by atoms with Crippen molar-refractivity contribution in [2.24, 2.45) is 0 Å². The van der Waals surface area contributed by atoms with E-state index in [0.717, 1.165) is 10.5 Å². The van der Waals surface area contributed by atoms with E-state index in [1.54, 1.807) is 54.6 Å². The predicted molar refractivity (Wildman–Crippen MR) is 156 cm³/mol. The number of rotatable bonds is 10. The van der Waals surface area contributed by atoms with E-state index in [4.69, 9.17) is 13.9 Å². The number of imide groups is 1. The molecule has 0 atom stereocenters. The number of aryl methyl sites for hydroxylation is 1. The number of ether oxygens (including phenoxy) is 2. The summed E-state index contributed by atoms with van der Waals surface area (Å²) in [4.78, 5) is 41.9. The number of carbonyl (C=O) groups excluding carboxylic acids is 3. The Bertz CT molecular complexity index is 1610. The highest BCUT2D eigenvalue weighted by Crippen LogP contribution is 2.37. The van der Waals surface area contributed by atoms with Gasteiger partial charge in [0.1, 0.15) is 27.9 Å². The second kappa shape index (κ2) is 12.1. The average molecular weight is 570 g/mol. The largest absolute Gasteiger partial charge is 0.497 e. The number of furan rings is 1. The lowest BCUT2D eigenvalue weighted by Crippen LogP contribution is -2.31. The van der Waals surface area contributed by atoms with Gasteiger partial charge in [-0.3, -0.25) is 19.3 Å². The monoisotopic (exact) mass is 569 g/mol. The maximum atomic E-state index is 13.4. The van der Waals surface area contributed by atoms with Gasteiger partial charge in [-0.15, -0.1) is 0 Å². The normalized spacial score (nSPS) is 13.0. The molecule has 2 N–H and O–H groups in total. The zero-order valence-corrected chi connectivity index (χ0v) is 23.4. The highest BCUT2D eigenvalue weighted by Gasteiger charge is 2.39. The molecular weight excluding hydrogens is 542 g/mol. The second-order valence-corrected chi connectivity index (χ2v) is 10.2. The molecule has 1 aliphatic rings. The molecule has 0 radical (unpaired) electrons. The predicted octanol–water partition coefficient (Wildman–Crippen LogP) is 5.84. The van der Waals surface area contributed by atoms with Crippen LogP contribution < -0.4 is 20.1 Å². The van der Waals surface area contributed by atoms with Crippen molar-refractivity contribution < 1.29 is 28.3 Å².